The first-order valence-electron chi connectivity index (χ1n) is 3.17. The van der Waals surface area contributed by atoms with Crippen molar-refractivity contribution >= 4 is 37.7 Å². The van der Waals surface area contributed by atoms with E-state index in [2.05, 4.69) is 12.1 Å². The Kier molecular flexibility index (Phi) is 6.44. The Labute approximate surface area is 94.6 Å². The summed E-state index contributed by atoms with van der Waals surface area (Å²) < 4.78 is 0. The SMILES string of the molecule is NCCc1ccccc1.[Ca+2].[H-].[H-]. The van der Waals surface area contributed by atoms with Crippen molar-refractivity contribution in [2.45, 2.75) is 6.42 Å². The Bertz CT molecular complexity index is 170. The van der Waals surface area contributed by atoms with Crippen LogP contribution in [0.1, 0.15) is 8.42 Å². The summed E-state index contributed by atoms with van der Waals surface area (Å²) in [6, 6.07) is 10.3. The van der Waals surface area contributed by atoms with Gasteiger partial charge in [-0.05, 0) is 18.5 Å². The van der Waals surface area contributed by atoms with Gasteiger partial charge in [0.05, 0.1) is 0 Å². The maximum Gasteiger partial charge on any atom is 2.00 e. The Morgan fingerprint density at radius 1 is 1.20 bits per heavy atom. The molecule has 2 heteroatoms. The molecule has 52 valence electrons. The summed E-state index contributed by atoms with van der Waals surface area (Å²) in [5, 5.41) is 0. The van der Waals surface area contributed by atoms with E-state index in [1.165, 1.54) is 5.56 Å². The Morgan fingerprint density at radius 3 is 2.30 bits per heavy atom. The van der Waals surface area contributed by atoms with Crippen molar-refractivity contribution in [3.8, 4) is 0 Å². The number of nitrogens with two attached hydrogens (primary N) is 1. The van der Waals surface area contributed by atoms with Crippen molar-refractivity contribution in [2.24, 2.45) is 5.73 Å². The third-order valence-corrected chi connectivity index (χ3v) is 1.28. The van der Waals surface area contributed by atoms with Gasteiger partial charge in [0.15, 0.2) is 0 Å². The maximum absolute atomic E-state index is 5.36. The molecule has 0 aromatic heterocycles. The second-order valence-electron chi connectivity index (χ2n) is 2.02. The van der Waals surface area contributed by atoms with Crippen LogP contribution in [0.5, 0.6) is 0 Å². The predicted octanol–water partition coefficient (Wildman–Crippen LogP) is 1.03. The zero-order valence-electron chi connectivity index (χ0n) is 8.09. The monoisotopic (exact) mass is 163 g/mol. The fourth-order valence-electron chi connectivity index (χ4n) is 0.811. The number of hydrogen-bond donors (Lipinski definition) is 1. The van der Waals surface area contributed by atoms with E-state index in [-0.39, 0.29) is 40.6 Å². The summed E-state index contributed by atoms with van der Waals surface area (Å²) in [4.78, 5) is 0. The zero-order valence-corrected chi connectivity index (χ0v) is 8.29. The number of benzene rings is 1. The number of hydrogen-bond acceptors (Lipinski definition) is 1. The quantitative estimate of drug-likeness (QED) is 0.648. The molecule has 0 amide bonds. The maximum atomic E-state index is 5.36. The second-order valence-corrected chi connectivity index (χ2v) is 2.02. The molecule has 1 rings (SSSR count). The van der Waals surface area contributed by atoms with E-state index >= 15 is 0 Å². The Hall–Kier alpha value is 0.440. The van der Waals surface area contributed by atoms with Gasteiger partial charge in [0.25, 0.3) is 0 Å². The standard InChI is InChI=1S/C8H11N.Ca.2H/c9-7-6-8-4-2-1-3-5-8;;;/h1-5H,6-7,9H2;;;/q;+2;2*-1. The third-order valence-electron chi connectivity index (χ3n) is 1.28. The molecule has 1 nitrogen and oxygen atoms in total. The summed E-state index contributed by atoms with van der Waals surface area (Å²) in [5.74, 6) is 0. The average Bonchev–Trinajstić information content (AvgIpc) is 1.91. The molecule has 0 bridgehead atoms. The first kappa shape index (κ1) is 10.4. The fraction of sp³-hybridized carbons (Fsp3) is 0.250. The van der Waals surface area contributed by atoms with E-state index in [4.69, 9.17) is 5.73 Å². The molecule has 0 aliphatic heterocycles. The van der Waals surface area contributed by atoms with E-state index in [9.17, 15) is 0 Å². The van der Waals surface area contributed by atoms with Crippen LogP contribution in [0.4, 0.5) is 0 Å². The van der Waals surface area contributed by atoms with Gasteiger partial charge in [0, 0.05) is 0 Å². The molecule has 0 atom stereocenters. The summed E-state index contributed by atoms with van der Waals surface area (Å²) in [5.41, 5.74) is 6.68. The third kappa shape index (κ3) is 3.57. The molecule has 0 saturated heterocycles. The van der Waals surface area contributed by atoms with Gasteiger partial charge < -0.3 is 8.59 Å². The average molecular weight is 163 g/mol. The van der Waals surface area contributed by atoms with E-state index < -0.39 is 0 Å². The largest absolute Gasteiger partial charge is 2.00 e. The van der Waals surface area contributed by atoms with Gasteiger partial charge in [0.1, 0.15) is 0 Å². The minimum absolute atomic E-state index is 0. The van der Waals surface area contributed by atoms with Crippen LogP contribution >= 0.6 is 0 Å². The van der Waals surface area contributed by atoms with Gasteiger partial charge in [-0.3, -0.25) is 0 Å². The zero-order chi connectivity index (χ0) is 6.53. The topological polar surface area (TPSA) is 26.0 Å². The van der Waals surface area contributed by atoms with Crippen molar-refractivity contribution in [1.29, 1.82) is 0 Å². The van der Waals surface area contributed by atoms with Gasteiger partial charge in [-0.2, -0.15) is 0 Å². The summed E-state index contributed by atoms with van der Waals surface area (Å²) in [7, 11) is 0. The first-order chi connectivity index (χ1) is 4.43. The minimum Gasteiger partial charge on any atom is -1.00 e. The molecule has 0 fully saturated rings. The van der Waals surface area contributed by atoms with Crippen LogP contribution in [0.3, 0.4) is 0 Å². The smallest absolute Gasteiger partial charge is 1.00 e. The van der Waals surface area contributed by atoms with Crippen LogP contribution in [0, 0.1) is 0 Å². The molecule has 10 heavy (non-hydrogen) atoms. The minimum atomic E-state index is 0. The molecule has 0 aliphatic carbocycles. The molecule has 0 aliphatic rings. The number of rotatable bonds is 2. The van der Waals surface area contributed by atoms with Gasteiger partial charge in [-0.15, -0.1) is 0 Å². The van der Waals surface area contributed by atoms with Crippen LogP contribution in [0.25, 0.3) is 0 Å². The van der Waals surface area contributed by atoms with Crippen LogP contribution in [0.15, 0.2) is 30.3 Å². The molecule has 1 aromatic carbocycles. The molecule has 1 aromatic rings. The molecule has 0 spiro atoms. The summed E-state index contributed by atoms with van der Waals surface area (Å²) in [6.07, 6.45) is 0.987. The van der Waals surface area contributed by atoms with Gasteiger partial charge >= 0.3 is 37.7 Å². The van der Waals surface area contributed by atoms with Crippen LogP contribution < -0.4 is 5.73 Å². The van der Waals surface area contributed by atoms with Gasteiger partial charge in [-0.25, -0.2) is 0 Å². The van der Waals surface area contributed by atoms with Crippen LogP contribution in [-0.4, -0.2) is 44.3 Å². The summed E-state index contributed by atoms with van der Waals surface area (Å²) >= 11 is 0. The van der Waals surface area contributed by atoms with Crippen molar-refractivity contribution in [3.63, 3.8) is 0 Å². The van der Waals surface area contributed by atoms with Gasteiger partial charge in [-0.1, -0.05) is 30.3 Å². The predicted molar refractivity (Wildman–Crippen MR) is 47.2 cm³/mol. The summed E-state index contributed by atoms with van der Waals surface area (Å²) in [6.45, 7) is 0.740. The van der Waals surface area contributed by atoms with Crippen molar-refractivity contribution in [1.82, 2.24) is 0 Å². The first-order valence-corrected chi connectivity index (χ1v) is 3.17. The van der Waals surface area contributed by atoms with Crippen molar-refractivity contribution in [2.75, 3.05) is 6.54 Å². The van der Waals surface area contributed by atoms with Crippen LogP contribution in [-0.2, 0) is 6.42 Å². The van der Waals surface area contributed by atoms with E-state index in [0.29, 0.717) is 0 Å². The van der Waals surface area contributed by atoms with Crippen molar-refractivity contribution in [3.05, 3.63) is 35.9 Å². The van der Waals surface area contributed by atoms with Crippen LogP contribution in [0.2, 0.25) is 0 Å². The molecular formula is C8H13CaN. The molecule has 0 radical (unpaired) electrons. The van der Waals surface area contributed by atoms with Gasteiger partial charge in [0.2, 0.25) is 0 Å². The molecule has 0 heterocycles. The molecular weight excluding hydrogens is 150 g/mol. The Balaban J connectivity index is -0.000000270. The van der Waals surface area contributed by atoms with E-state index in [0.717, 1.165) is 13.0 Å². The fourth-order valence-corrected chi connectivity index (χ4v) is 0.811. The Morgan fingerprint density at radius 2 is 1.80 bits per heavy atom. The van der Waals surface area contributed by atoms with Crippen molar-refractivity contribution < 1.29 is 2.85 Å². The molecule has 0 saturated carbocycles. The molecule has 0 unspecified atom stereocenters. The van der Waals surface area contributed by atoms with E-state index in [1.807, 2.05) is 18.2 Å². The second kappa shape index (κ2) is 6.17. The normalized spacial score (nSPS) is 8.50. The molecule has 2 N–H and O–H groups in total. The van der Waals surface area contributed by atoms with E-state index in [1.54, 1.807) is 0 Å².